The Morgan fingerprint density at radius 1 is 1.11 bits per heavy atom. The van der Waals surface area contributed by atoms with Gasteiger partial charge in [0.1, 0.15) is 11.9 Å². The fourth-order valence-corrected chi connectivity index (χ4v) is 5.44. The van der Waals surface area contributed by atoms with Crippen molar-refractivity contribution in [2.45, 2.75) is 25.4 Å². The van der Waals surface area contributed by atoms with Crippen molar-refractivity contribution < 1.29 is 4.74 Å². The molecule has 0 radical (unpaired) electrons. The standard InChI is InChI=1S/C22H24ClN3OS/c23-18-5-3-4-16-12-17(27-21(16)18)14-24-13-15-8-10-26(11-9-15)22-25-19-6-1-2-7-20(19)28-22/h1-7,15,17,24H,8-14H2. The van der Waals surface area contributed by atoms with E-state index in [-0.39, 0.29) is 6.10 Å². The predicted molar refractivity (Wildman–Crippen MR) is 117 cm³/mol. The number of hydrogen-bond acceptors (Lipinski definition) is 5. The lowest BCUT2D eigenvalue weighted by atomic mass is 9.97. The number of para-hydroxylation sites is 2. The van der Waals surface area contributed by atoms with Crippen molar-refractivity contribution in [2.75, 3.05) is 31.1 Å². The molecule has 2 aliphatic heterocycles. The zero-order valence-electron chi connectivity index (χ0n) is 15.7. The number of ether oxygens (including phenoxy) is 1. The second-order valence-corrected chi connectivity index (χ2v) is 9.14. The van der Waals surface area contributed by atoms with Crippen LogP contribution in [0.3, 0.4) is 0 Å². The fourth-order valence-electron chi connectivity index (χ4n) is 4.19. The Labute approximate surface area is 174 Å². The van der Waals surface area contributed by atoms with Crippen LogP contribution in [0.2, 0.25) is 5.02 Å². The topological polar surface area (TPSA) is 37.4 Å². The van der Waals surface area contributed by atoms with Gasteiger partial charge in [-0.25, -0.2) is 4.98 Å². The lowest BCUT2D eigenvalue weighted by Gasteiger charge is -2.32. The monoisotopic (exact) mass is 413 g/mol. The summed E-state index contributed by atoms with van der Waals surface area (Å²) in [5.74, 6) is 1.60. The average molecular weight is 414 g/mol. The molecule has 3 heterocycles. The molecule has 2 aromatic carbocycles. The average Bonchev–Trinajstić information content (AvgIpc) is 3.33. The third kappa shape index (κ3) is 3.71. The summed E-state index contributed by atoms with van der Waals surface area (Å²) in [4.78, 5) is 7.25. The molecule has 1 saturated heterocycles. The third-order valence-corrected chi connectivity index (χ3v) is 7.15. The number of thiazole rings is 1. The molecule has 1 atom stereocenters. The van der Waals surface area contributed by atoms with Crippen LogP contribution in [0.5, 0.6) is 5.75 Å². The van der Waals surface area contributed by atoms with Crippen LogP contribution in [0.4, 0.5) is 5.13 Å². The second-order valence-electron chi connectivity index (χ2n) is 7.72. The fraction of sp³-hybridized carbons (Fsp3) is 0.409. The highest BCUT2D eigenvalue weighted by Crippen LogP contribution is 2.35. The van der Waals surface area contributed by atoms with Crippen molar-refractivity contribution in [3.8, 4) is 5.75 Å². The normalized spacial score (nSPS) is 19.8. The molecule has 6 heteroatoms. The number of halogens is 1. The highest BCUT2D eigenvalue weighted by Gasteiger charge is 2.25. The van der Waals surface area contributed by atoms with Gasteiger partial charge in [0, 0.05) is 26.1 Å². The lowest BCUT2D eigenvalue weighted by molar-refractivity contribution is 0.222. The van der Waals surface area contributed by atoms with E-state index in [4.69, 9.17) is 21.3 Å². The smallest absolute Gasteiger partial charge is 0.186 e. The first-order valence-corrected chi connectivity index (χ1v) is 11.2. The lowest BCUT2D eigenvalue weighted by Crippen LogP contribution is -2.39. The number of rotatable bonds is 5. The van der Waals surface area contributed by atoms with Crippen LogP contribution in [0.25, 0.3) is 10.2 Å². The summed E-state index contributed by atoms with van der Waals surface area (Å²) >= 11 is 8.03. The molecule has 0 aliphatic carbocycles. The highest BCUT2D eigenvalue weighted by atomic mass is 35.5. The van der Waals surface area contributed by atoms with Crippen molar-refractivity contribution in [1.82, 2.24) is 10.3 Å². The van der Waals surface area contributed by atoms with E-state index in [0.717, 1.165) is 54.8 Å². The number of benzene rings is 2. The molecule has 5 rings (SSSR count). The molecule has 0 bridgehead atoms. The summed E-state index contributed by atoms with van der Waals surface area (Å²) in [5.41, 5.74) is 2.34. The SMILES string of the molecule is Clc1cccc2c1OC(CNCC1CCN(c3nc4ccccc4s3)CC1)C2. The molecule has 0 saturated carbocycles. The van der Waals surface area contributed by atoms with Crippen LogP contribution in [-0.4, -0.2) is 37.3 Å². The van der Waals surface area contributed by atoms with E-state index in [2.05, 4.69) is 40.5 Å². The summed E-state index contributed by atoms with van der Waals surface area (Å²) < 4.78 is 7.30. The van der Waals surface area contributed by atoms with E-state index in [1.165, 1.54) is 28.2 Å². The summed E-state index contributed by atoms with van der Waals surface area (Å²) in [5, 5.41) is 5.52. The van der Waals surface area contributed by atoms with Gasteiger partial charge in [0.05, 0.1) is 15.2 Å². The van der Waals surface area contributed by atoms with E-state index in [1.54, 1.807) is 11.3 Å². The Morgan fingerprint density at radius 3 is 2.79 bits per heavy atom. The minimum absolute atomic E-state index is 0.192. The molecule has 1 aromatic heterocycles. The molecule has 146 valence electrons. The van der Waals surface area contributed by atoms with Gasteiger partial charge in [-0.2, -0.15) is 0 Å². The van der Waals surface area contributed by atoms with Gasteiger partial charge in [0.25, 0.3) is 0 Å². The van der Waals surface area contributed by atoms with Gasteiger partial charge in [-0.05, 0) is 49.1 Å². The zero-order valence-corrected chi connectivity index (χ0v) is 17.3. The minimum Gasteiger partial charge on any atom is -0.487 e. The molecule has 0 amide bonds. The van der Waals surface area contributed by atoms with Gasteiger partial charge in [-0.15, -0.1) is 0 Å². The summed E-state index contributed by atoms with van der Waals surface area (Å²) in [6, 6.07) is 14.4. The molecule has 0 spiro atoms. The second kappa shape index (κ2) is 7.90. The molecular weight excluding hydrogens is 390 g/mol. The third-order valence-electron chi connectivity index (χ3n) is 5.75. The maximum absolute atomic E-state index is 6.23. The van der Waals surface area contributed by atoms with Crippen LogP contribution in [0, 0.1) is 5.92 Å². The van der Waals surface area contributed by atoms with Crippen LogP contribution < -0.4 is 15.0 Å². The summed E-state index contributed by atoms with van der Waals surface area (Å²) in [7, 11) is 0. The van der Waals surface area contributed by atoms with Gasteiger partial charge in [0.15, 0.2) is 5.13 Å². The molecule has 1 unspecified atom stereocenters. The number of piperidine rings is 1. The van der Waals surface area contributed by atoms with Crippen LogP contribution in [-0.2, 0) is 6.42 Å². The molecule has 3 aromatic rings. The van der Waals surface area contributed by atoms with E-state index >= 15 is 0 Å². The number of hydrogen-bond donors (Lipinski definition) is 1. The van der Waals surface area contributed by atoms with E-state index < -0.39 is 0 Å². The first-order valence-electron chi connectivity index (χ1n) is 10.0. The van der Waals surface area contributed by atoms with Gasteiger partial charge in [-0.1, -0.05) is 47.2 Å². The van der Waals surface area contributed by atoms with Gasteiger partial charge in [-0.3, -0.25) is 0 Å². The molecule has 1 N–H and O–H groups in total. The summed E-state index contributed by atoms with van der Waals surface area (Å²) in [6.45, 7) is 4.11. The van der Waals surface area contributed by atoms with Gasteiger partial charge in [0.2, 0.25) is 0 Å². The first kappa shape index (κ1) is 18.2. The van der Waals surface area contributed by atoms with Crippen LogP contribution in [0.15, 0.2) is 42.5 Å². The van der Waals surface area contributed by atoms with Crippen molar-refractivity contribution in [1.29, 1.82) is 0 Å². The van der Waals surface area contributed by atoms with Crippen molar-refractivity contribution in [2.24, 2.45) is 5.92 Å². The van der Waals surface area contributed by atoms with E-state index in [9.17, 15) is 0 Å². The first-order chi connectivity index (χ1) is 13.8. The minimum atomic E-state index is 0.192. The molecule has 4 nitrogen and oxygen atoms in total. The Bertz CT molecular complexity index is 934. The Morgan fingerprint density at radius 2 is 1.96 bits per heavy atom. The quantitative estimate of drug-likeness (QED) is 0.654. The number of nitrogens with zero attached hydrogens (tertiary/aromatic N) is 2. The summed E-state index contributed by atoms with van der Waals surface area (Å²) in [6.07, 6.45) is 3.55. The van der Waals surface area contributed by atoms with Crippen molar-refractivity contribution >= 4 is 38.3 Å². The maximum atomic E-state index is 6.23. The molecule has 1 fully saturated rings. The number of anilines is 1. The molecular formula is C22H24ClN3OS. The van der Waals surface area contributed by atoms with Crippen LogP contribution >= 0.6 is 22.9 Å². The Hall–Kier alpha value is -1.82. The van der Waals surface area contributed by atoms with Gasteiger partial charge < -0.3 is 15.0 Å². The molecule has 2 aliphatic rings. The van der Waals surface area contributed by atoms with Gasteiger partial charge >= 0.3 is 0 Å². The number of nitrogens with one attached hydrogen (secondary N) is 1. The van der Waals surface area contributed by atoms with E-state index in [0.29, 0.717) is 0 Å². The predicted octanol–water partition coefficient (Wildman–Crippen LogP) is 4.76. The largest absolute Gasteiger partial charge is 0.487 e. The Kier molecular flexibility index (Phi) is 5.14. The zero-order chi connectivity index (χ0) is 18.9. The Balaban J connectivity index is 1.08. The number of fused-ring (bicyclic) bond motifs is 2. The number of aromatic nitrogens is 1. The highest BCUT2D eigenvalue weighted by molar-refractivity contribution is 7.22. The maximum Gasteiger partial charge on any atom is 0.186 e. The van der Waals surface area contributed by atoms with Crippen molar-refractivity contribution in [3.05, 3.63) is 53.1 Å². The van der Waals surface area contributed by atoms with E-state index in [1.807, 2.05) is 12.1 Å². The molecule has 28 heavy (non-hydrogen) atoms. The van der Waals surface area contributed by atoms with Crippen LogP contribution in [0.1, 0.15) is 18.4 Å². The van der Waals surface area contributed by atoms with Crippen molar-refractivity contribution in [3.63, 3.8) is 0 Å².